The Kier molecular flexibility index (Phi) is 8.24. The quantitative estimate of drug-likeness (QED) is 0.513. The number of benzene rings is 1. The third-order valence-corrected chi connectivity index (χ3v) is 3.80. The predicted molar refractivity (Wildman–Crippen MR) is 84.5 cm³/mol. The molecule has 0 aromatic heterocycles. The molecule has 0 aliphatic carbocycles. The number of hydrogen-bond acceptors (Lipinski definition) is 2. The first-order chi connectivity index (χ1) is 9.63. The van der Waals surface area contributed by atoms with Crippen LogP contribution in [-0.2, 0) is 11.3 Å². The molecule has 2 heteroatoms. The van der Waals surface area contributed by atoms with Crippen molar-refractivity contribution in [3.05, 3.63) is 48.6 Å². The van der Waals surface area contributed by atoms with E-state index in [2.05, 4.69) is 25.6 Å². The second kappa shape index (κ2) is 9.73. The van der Waals surface area contributed by atoms with Gasteiger partial charge >= 0.3 is 0 Å². The summed E-state index contributed by atoms with van der Waals surface area (Å²) in [6.45, 7) is 9.41. The van der Waals surface area contributed by atoms with E-state index in [-0.39, 0.29) is 12.0 Å². The van der Waals surface area contributed by atoms with Crippen LogP contribution in [0.2, 0.25) is 0 Å². The summed E-state index contributed by atoms with van der Waals surface area (Å²) in [7, 11) is 0. The number of aliphatic hydroxyl groups excluding tert-OH is 1. The molecule has 0 saturated heterocycles. The minimum atomic E-state index is -0.264. The molecule has 0 aliphatic heterocycles. The molecule has 112 valence electrons. The van der Waals surface area contributed by atoms with Gasteiger partial charge < -0.3 is 9.84 Å². The van der Waals surface area contributed by atoms with Crippen LogP contribution in [0, 0.1) is 11.8 Å². The Morgan fingerprint density at radius 1 is 1.15 bits per heavy atom. The van der Waals surface area contributed by atoms with Gasteiger partial charge in [-0.1, -0.05) is 50.3 Å². The third kappa shape index (κ3) is 6.88. The highest BCUT2D eigenvalue weighted by Gasteiger charge is 2.12. The first-order valence-corrected chi connectivity index (χ1v) is 7.55. The molecule has 20 heavy (non-hydrogen) atoms. The fraction of sp³-hybridized carbons (Fsp3) is 0.556. The summed E-state index contributed by atoms with van der Waals surface area (Å²) in [5.41, 5.74) is 1.22. The molecule has 0 unspecified atom stereocenters. The largest absolute Gasteiger partial charge is 0.393 e. The monoisotopic (exact) mass is 276 g/mol. The van der Waals surface area contributed by atoms with Gasteiger partial charge in [0.05, 0.1) is 12.7 Å². The maximum Gasteiger partial charge on any atom is 0.0716 e. The third-order valence-electron chi connectivity index (χ3n) is 3.80. The van der Waals surface area contributed by atoms with Crippen molar-refractivity contribution >= 4 is 0 Å². The van der Waals surface area contributed by atoms with Gasteiger partial charge in [0.2, 0.25) is 0 Å². The van der Waals surface area contributed by atoms with Gasteiger partial charge in [-0.15, -0.1) is 6.58 Å². The molecule has 1 N–H and O–H groups in total. The second-order valence-electron chi connectivity index (χ2n) is 5.67. The van der Waals surface area contributed by atoms with Crippen LogP contribution in [0.3, 0.4) is 0 Å². The average molecular weight is 276 g/mol. The summed E-state index contributed by atoms with van der Waals surface area (Å²) in [5, 5.41) is 9.88. The minimum Gasteiger partial charge on any atom is -0.393 e. The molecule has 3 atom stereocenters. The molecule has 0 radical (unpaired) electrons. The van der Waals surface area contributed by atoms with Crippen molar-refractivity contribution in [2.75, 3.05) is 6.61 Å². The molecule has 2 nitrogen and oxygen atoms in total. The molecule has 0 spiro atoms. The van der Waals surface area contributed by atoms with Gasteiger partial charge in [0.15, 0.2) is 0 Å². The van der Waals surface area contributed by atoms with Gasteiger partial charge in [-0.3, -0.25) is 0 Å². The van der Waals surface area contributed by atoms with Gasteiger partial charge in [0.25, 0.3) is 0 Å². The minimum absolute atomic E-state index is 0.177. The van der Waals surface area contributed by atoms with Gasteiger partial charge in [-0.2, -0.15) is 0 Å². The number of aliphatic hydroxyl groups is 1. The van der Waals surface area contributed by atoms with Crippen LogP contribution in [-0.4, -0.2) is 17.8 Å². The van der Waals surface area contributed by atoms with E-state index in [1.807, 2.05) is 31.2 Å². The summed E-state index contributed by atoms with van der Waals surface area (Å²) in [6.07, 6.45) is 4.47. The van der Waals surface area contributed by atoms with E-state index in [1.54, 1.807) is 0 Å². The smallest absolute Gasteiger partial charge is 0.0716 e. The van der Waals surface area contributed by atoms with Gasteiger partial charge in [-0.25, -0.2) is 0 Å². The summed E-state index contributed by atoms with van der Waals surface area (Å²) < 4.78 is 5.69. The van der Waals surface area contributed by atoms with E-state index in [1.165, 1.54) is 5.56 Å². The summed E-state index contributed by atoms with van der Waals surface area (Å²) in [4.78, 5) is 0. The Bertz CT molecular complexity index is 361. The molecular weight excluding hydrogens is 248 g/mol. The van der Waals surface area contributed by atoms with Crippen molar-refractivity contribution < 1.29 is 9.84 Å². The van der Waals surface area contributed by atoms with E-state index in [9.17, 15) is 5.11 Å². The number of hydrogen-bond donors (Lipinski definition) is 1. The van der Waals surface area contributed by atoms with E-state index >= 15 is 0 Å². The van der Waals surface area contributed by atoms with Crippen LogP contribution in [0.1, 0.15) is 38.7 Å². The molecule has 1 rings (SSSR count). The Balaban J connectivity index is 2.08. The molecule has 0 heterocycles. The van der Waals surface area contributed by atoms with Gasteiger partial charge in [0.1, 0.15) is 0 Å². The molecule has 1 aromatic carbocycles. The molecule has 0 saturated carbocycles. The predicted octanol–water partition coefficient (Wildman–Crippen LogP) is 4.19. The van der Waals surface area contributed by atoms with Crippen LogP contribution < -0.4 is 0 Å². The van der Waals surface area contributed by atoms with Crippen molar-refractivity contribution in [1.29, 1.82) is 0 Å². The topological polar surface area (TPSA) is 29.5 Å². The molecule has 0 aliphatic rings. The Labute approximate surface area is 123 Å². The zero-order chi connectivity index (χ0) is 14.8. The fourth-order valence-electron chi connectivity index (χ4n) is 2.07. The Hall–Kier alpha value is -1.12. The standard InChI is InChI=1S/C18H28O2/c1-4-16(3)18(19)11-10-15(2)12-13-20-14-17-8-6-5-7-9-17/h4-9,15-16,18-19H,1,10-14H2,2-3H3/t15-,16-,18-/m1/s1. The zero-order valence-electron chi connectivity index (χ0n) is 12.8. The number of ether oxygens (including phenoxy) is 1. The van der Waals surface area contributed by atoms with E-state index in [0.29, 0.717) is 12.5 Å². The number of rotatable bonds is 10. The molecule has 0 fully saturated rings. The van der Waals surface area contributed by atoms with Crippen molar-refractivity contribution in [3.8, 4) is 0 Å². The summed E-state index contributed by atoms with van der Waals surface area (Å²) >= 11 is 0. The molecular formula is C18H28O2. The van der Waals surface area contributed by atoms with Crippen LogP contribution in [0.4, 0.5) is 0 Å². The summed E-state index contributed by atoms with van der Waals surface area (Å²) in [6, 6.07) is 10.2. The van der Waals surface area contributed by atoms with Crippen molar-refractivity contribution in [2.45, 2.75) is 45.8 Å². The van der Waals surface area contributed by atoms with Crippen LogP contribution in [0.25, 0.3) is 0 Å². The molecule has 0 bridgehead atoms. The van der Waals surface area contributed by atoms with Crippen LogP contribution in [0.15, 0.2) is 43.0 Å². The SMILES string of the molecule is C=C[C@@H](C)[C@H](O)CC[C@@H](C)CCOCc1ccccc1. The summed E-state index contributed by atoms with van der Waals surface area (Å²) in [5.74, 6) is 0.758. The van der Waals surface area contributed by atoms with Crippen LogP contribution in [0.5, 0.6) is 0 Å². The lowest BCUT2D eigenvalue weighted by Gasteiger charge is -2.18. The molecule has 1 aromatic rings. The Morgan fingerprint density at radius 2 is 1.85 bits per heavy atom. The Morgan fingerprint density at radius 3 is 2.50 bits per heavy atom. The van der Waals surface area contributed by atoms with Crippen LogP contribution >= 0.6 is 0 Å². The zero-order valence-corrected chi connectivity index (χ0v) is 12.8. The van der Waals surface area contributed by atoms with Gasteiger partial charge in [-0.05, 0) is 36.7 Å². The highest BCUT2D eigenvalue weighted by Crippen LogP contribution is 2.17. The lowest BCUT2D eigenvalue weighted by atomic mass is 9.94. The van der Waals surface area contributed by atoms with E-state index in [0.717, 1.165) is 25.9 Å². The van der Waals surface area contributed by atoms with Crippen molar-refractivity contribution in [1.82, 2.24) is 0 Å². The normalized spacial score (nSPS) is 15.6. The highest BCUT2D eigenvalue weighted by molar-refractivity contribution is 5.13. The first-order valence-electron chi connectivity index (χ1n) is 7.55. The fourth-order valence-corrected chi connectivity index (χ4v) is 2.07. The van der Waals surface area contributed by atoms with Gasteiger partial charge in [0, 0.05) is 6.61 Å². The lowest BCUT2D eigenvalue weighted by molar-refractivity contribution is 0.0969. The van der Waals surface area contributed by atoms with E-state index in [4.69, 9.17) is 4.74 Å². The maximum atomic E-state index is 9.88. The first kappa shape index (κ1) is 16.9. The maximum absolute atomic E-state index is 9.88. The molecule has 0 amide bonds. The van der Waals surface area contributed by atoms with E-state index < -0.39 is 0 Å². The average Bonchev–Trinajstić information content (AvgIpc) is 2.49. The van der Waals surface area contributed by atoms with Crippen molar-refractivity contribution in [3.63, 3.8) is 0 Å². The van der Waals surface area contributed by atoms with Crippen molar-refractivity contribution in [2.24, 2.45) is 11.8 Å². The highest BCUT2D eigenvalue weighted by atomic mass is 16.5. The second-order valence-corrected chi connectivity index (χ2v) is 5.67. The lowest BCUT2D eigenvalue weighted by Crippen LogP contribution is -2.16.